The summed E-state index contributed by atoms with van der Waals surface area (Å²) in [4.78, 5) is 6.73. The maximum Gasteiger partial charge on any atom is 0.193 e. The van der Waals surface area contributed by atoms with Gasteiger partial charge in [-0.05, 0) is 25.3 Å². The molecular formula is C17H27N3O. The molecule has 1 fully saturated rings. The molecule has 21 heavy (non-hydrogen) atoms. The summed E-state index contributed by atoms with van der Waals surface area (Å²) in [6, 6.07) is 8.73. The second-order valence-corrected chi connectivity index (χ2v) is 5.77. The van der Waals surface area contributed by atoms with E-state index >= 15 is 0 Å². The Morgan fingerprint density at radius 1 is 1.38 bits per heavy atom. The first-order chi connectivity index (χ1) is 10.2. The molecule has 4 nitrogen and oxygen atoms in total. The number of ether oxygens (including phenoxy) is 1. The molecule has 2 rings (SSSR count). The van der Waals surface area contributed by atoms with Crippen LogP contribution in [-0.2, 0) is 11.2 Å². The van der Waals surface area contributed by atoms with Gasteiger partial charge in [0.15, 0.2) is 5.96 Å². The third kappa shape index (κ3) is 4.74. The fourth-order valence-electron chi connectivity index (χ4n) is 2.80. The lowest BCUT2D eigenvalue weighted by Gasteiger charge is -2.21. The van der Waals surface area contributed by atoms with E-state index in [1.165, 1.54) is 17.5 Å². The standard InChI is InChI=1S/C17H27N3O/c1-14-4-6-15(7-5-14)8-10-19-17(18-2)20-11-9-16(12-20)13-21-3/h4-7,16H,8-13H2,1-3H3,(H,18,19). The highest BCUT2D eigenvalue weighted by molar-refractivity contribution is 5.80. The molecule has 1 N–H and O–H groups in total. The highest BCUT2D eigenvalue weighted by atomic mass is 16.5. The van der Waals surface area contributed by atoms with Gasteiger partial charge in [0.2, 0.25) is 0 Å². The fraction of sp³-hybridized carbons (Fsp3) is 0.588. The number of hydrogen-bond acceptors (Lipinski definition) is 2. The predicted octanol–water partition coefficient (Wildman–Crippen LogP) is 2.08. The van der Waals surface area contributed by atoms with Crippen LogP contribution in [0.2, 0.25) is 0 Å². The van der Waals surface area contributed by atoms with Crippen molar-refractivity contribution >= 4 is 5.96 Å². The van der Waals surface area contributed by atoms with Gasteiger partial charge in [-0.2, -0.15) is 0 Å². The lowest BCUT2D eigenvalue weighted by molar-refractivity contribution is 0.157. The first kappa shape index (κ1) is 15.8. The van der Waals surface area contributed by atoms with Gasteiger partial charge in [0.1, 0.15) is 0 Å². The minimum absolute atomic E-state index is 0.630. The van der Waals surface area contributed by atoms with Crippen molar-refractivity contribution in [1.29, 1.82) is 0 Å². The summed E-state index contributed by atoms with van der Waals surface area (Å²) in [5, 5.41) is 3.47. The molecule has 1 saturated heterocycles. The van der Waals surface area contributed by atoms with Crippen LogP contribution in [0.25, 0.3) is 0 Å². The quantitative estimate of drug-likeness (QED) is 0.666. The van der Waals surface area contributed by atoms with Crippen molar-refractivity contribution in [2.24, 2.45) is 10.9 Å². The molecule has 0 aromatic heterocycles. The van der Waals surface area contributed by atoms with Crippen LogP contribution in [0.5, 0.6) is 0 Å². The molecule has 1 unspecified atom stereocenters. The smallest absolute Gasteiger partial charge is 0.193 e. The first-order valence-electron chi connectivity index (χ1n) is 7.73. The van der Waals surface area contributed by atoms with E-state index < -0.39 is 0 Å². The zero-order valence-corrected chi connectivity index (χ0v) is 13.4. The zero-order chi connectivity index (χ0) is 15.1. The third-order valence-electron chi connectivity index (χ3n) is 4.02. The van der Waals surface area contributed by atoms with E-state index in [0.717, 1.165) is 38.6 Å². The van der Waals surface area contributed by atoms with Crippen LogP contribution in [0.1, 0.15) is 17.5 Å². The number of benzene rings is 1. The Hall–Kier alpha value is -1.55. The van der Waals surface area contributed by atoms with E-state index in [-0.39, 0.29) is 0 Å². The minimum Gasteiger partial charge on any atom is -0.384 e. The van der Waals surface area contributed by atoms with Gasteiger partial charge < -0.3 is 15.0 Å². The Balaban J connectivity index is 1.77. The van der Waals surface area contributed by atoms with E-state index in [1.807, 2.05) is 7.05 Å². The molecule has 0 amide bonds. The van der Waals surface area contributed by atoms with Gasteiger partial charge in [-0.25, -0.2) is 0 Å². The first-order valence-corrected chi connectivity index (χ1v) is 7.73. The number of rotatable bonds is 5. The molecule has 1 aliphatic rings. The normalized spacial score (nSPS) is 19.1. The minimum atomic E-state index is 0.630. The van der Waals surface area contributed by atoms with Gasteiger partial charge in [0, 0.05) is 39.7 Å². The fourth-order valence-corrected chi connectivity index (χ4v) is 2.80. The molecule has 1 aromatic carbocycles. The van der Waals surface area contributed by atoms with E-state index in [4.69, 9.17) is 4.74 Å². The molecule has 4 heteroatoms. The van der Waals surface area contributed by atoms with Gasteiger partial charge in [0.05, 0.1) is 6.61 Å². The van der Waals surface area contributed by atoms with Gasteiger partial charge in [0.25, 0.3) is 0 Å². The molecule has 116 valence electrons. The maximum atomic E-state index is 5.25. The Morgan fingerprint density at radius 3 is 2.81 bits per heavy atom. The van der Waals surface area contributed by atoms with Crippen LogP contribution < -0.4 is 5.32 Å². The number of aliphatic imine (C=N–C) groups is 1. The summed E-state index contributed by atoms with van der Waals surface area (Å²) < 4.78 is 5.25. The van der Waals surface area contributed by atoms with Crippen molar-refractivity contribution in [3.05, 3.63) is 35.4 Å². The van der Waals surface area contributed by atoms with Crippen LogP contribution in [0.3, 0.4) is 0 Å². The zero-order valence-electron chi connectivity index (χ0n) is 13.4. The SMILES string of the molecule is CN=C(NCCc1ccc(C)cc1)N1CCC(COC)C1. The summed E-state index contributed by atoms with van der Waals surface area (Å²) in [6.07, 6.45) is 2.21. The maximum absolute atomic E-state index is 5.25. The lowest BCUT2D eigenvalue weighted by atomic mass is 10.1. The number of hydrogen-bond donors (Lipinski definition) is 1. The second-order valence-electron chi connectivity index (χ2n) is 5.77. The molecule has 0 radical (unpaired) electrons. The van der Waals surface area contributed by atoms with Gasteiger partial charge in [-0.1, -0.05) is 29.8 Å². The topological polar surface area (TPSA) is 36.9 Å². The van der Waals surface area contributed by atoms with Crippen LogP contribution in [0, 0.1) is 12.8 Å². The number of guanidine groups is 1. The molecular weight excluding hydrogens is 262 g/mol. The van der Waals surface area contributed by atoms with Crippen molar-refractivity contribution in [2.45, 2.75) is 19.8 Å². The van der Waals surface area contributed by atoms with E-state index in [9.17, 15) is 0 Å². The van der Waals surface area contributed by atoms with E-state index in [2.05, 4.69) is 46.4 Å². The summed E-state index contributed by atoms with van der Waals surface area (Å²) in [5.74, 6) is 1.64. The average Bonchev–Trinajstić information content (AvgIpc) is 2.94. The van der Waals surface area contributed by atoms with Crippen molar-refractivity contribution in [3.8, 4) is 0 Å². The van der Waals surface area contributed by atoms with Gasteiger partial charge >= 0.3 is 0 Å². The lowest BCUT2D eigenvalue weighted by Crippen LogP contribution is -2.41. The van der Waals surface area contributed by atoms with Crippen molar-refractivity contribution in [2.75, 3.05) is 40.4 Å². The molecule has 1 aliphatic heterocycles. The predicted molar refractivity (Wildman–Crippen MR) is 87.8 cm³/mol. The molecule has 0 aliphatic carbocycles. The Bertz CT molecular complexity index is 456. The number of likely N-dealkylation sites (tertiary alicyclic amines) is 1. The molecule has 1 aromatic rings. The van der Waals surface area contributed by atoms with Crippen molar-refractivity contribution in [1.82, 2.24) is 10.2 Å². The molecule has 0 saturated carbocycles. The van der Waals surface area contributed by atoms with Gasteiger partial charge in [-0.15, -0.1) is 0 Å². The molecule has 0 spiro atoms. The van der Waals surface area contributed by atoms with Crippen LogP contribution in [0.4, 0.5) is 0 Å². The second kappa shape index (κ2) is 8.03. The van der Waals surface area contributed by atoms with Crippen molar-refractivity contribution < 1.29 is 4.74 Å². The number of aryl methyl sites for hydroxylation is 1. The van der Waals surface area contributed by atoms with Crippen LogP contribution in [-0.4, -0.2) is 51.3 Å². The highest BCUT2D eigenvalue weighted by Gasteiger charge is 2.24. The van der Waals surface area contributed by atoms with Crippen LogP contribution >= 0.6 is 0 Å². The van der Waals surface area contributed by atoms with E-state index in [1.54, 1.807) is 7.11 Å². The Morgan fingerprint density at radius 2 is 2.14 bits per heavy atom. The summed E-state index contributed by atoms with van der Waals surface area (Å²) >= 11 is 0. The Kier molecular flexibility index (Phi) is 6.05. The number of nitrogens with zero attached hydrogens (tertiary/aromatic N) is 2. The molecule has 1 heterocycles. The highest BCUT2D eigenvalue weighted by Crippen LogP contribution is 2.16. The molecule has 1 atom stereocenters. The molecule has 0 bridgehead atoms. The van der Waals surface area contributed by atoms with E-state index in [0.29, 0.717) is 5.92 Å². The number of nitrogens with one attached hydrogen (secondary N) is 1. The van der Waals surface area contributed by atoms with Gasteiger partial charge in [-0.3, -0.25) is 4.99 Å². The van der Waals surface area contributed by atoms with Crippen molar-refractivity contribution in [3.63, 3.8) is 0 Å². The summed E-state index contributed by atoms with van der Waals surface area (Å²) in [6.45, 7) is 5.99. The number of methoxy groups -OCH3 is 1. The largest absolute Gasteiger partial charge is 0.384 e. The summed E-state index contributed by atoms with van der Waals surface area (Å²) in [5.41, 5.74) is 2.67. The monoisotopic (exact) mass is 289 g/mol. The Labute approximate surface area is 128 Å². The average molecular weight is 289 g/mol. The third-order valence-corrected chi connectivity index (χ3v) is 4.02. The summed E-state index contributed by atoms with van der Waals surface area (Å²) in [7, 11) is 3.63. The van der Waals surface area contributed by atoms with Crippen LogP contribution in [0.15, 0.2) is 29.3 Å².